The number of ether oxygens (including phenoxy) is 10. The molecule has 18 N–H and O–H groups in total. The van der Waals surface area contributed by atoms with Gasteiger partial charge >= 0.3 is 17.7 Å². The molecule has 1 saturated carbocycles. The standard InChI is InChI=1S/C43H58N4O12.C38H72N2O12.C22H24N2O8/c1-21-12-11-13-22(2)42(55)45-33-28(20-44-47-17-15-46(9)16-18-47)37(52)30-31(38(33)53)36(51)26(6)40-32(30)41(54)43(8,59-40)57-19-14-29(56-10)23(3)39(58-27(7)48)25(5)35(50)24(4)34(21)49;1-15-27-38(10,46)31(42)24(6)40(13)19-20(2)17-36(8,45)33(52-35-29(41)26(39(11)12)16-21(3)48-35)22(4)30(23(5)34(44)50-27)51-28-18-37(9,47-14)32(43)25(7)49-28;1-7-8-5-4-6-9(25)11(8)16(26)12-10(7)17(27)14-15(24(2)3)18(28)13(21(23)31)20(30)22(14,32)19(12)29/h11-14,19-21,23-25,29,34-35,39,49-53H,15-18H2,1-10H3,(H,45,55);20-33,35,41-43,45-46H,15-19H2,1-14H3;4-7,10,14-15,17,25-27,30,32H,1-3H3,(H2,23,31)/b12-11+,19-14+,22-13-,44-20-;;/t21-,23-,24-,25-,29+,34+,35+,39-,43+;20-,21-,22+,23-,24-,25+,26+,27-,28+,29-,30+,31-,32+,33-,35+,36-,37-,38-;7-,10+,14+,15-,17-,22-/m110/s1. The molecule has 7 aliphatic heterocycles. The minimum atomic E-state index is -2.89. The number of benzene rings is 3. The van der Waals surface area contributed by atoms with E-state index >= 15 is 0 Å². The maximum absolute atomic E-state index is 14.4. The summed E-state index contributed by atoms with van der Waals surface area (Å²) in [6, 6.07) is 2.32. The second-order valence-electron chi connectivity index (χ2n) is 42.1. The number of esters is 2. The van der Waals surface area contributed by atoms with Gasteiger partial charge in [-0.05, 0) is 153 Å². The number of Topliss-reactive ketones (excluding diaryl/α,β-unsaturated/α-hetero) is 3. The topological polar surface area (TPSA) is 582 Å². The Kier molecular flexibility index (Phi) is 36.8. The van der Waals surface area contributed by atoms with Crippen molar-refractivity contribution in [2.75, 3.05) is 94.5 Å². The van der Waals surface area contributed by atoms with Crippen molar-refractivity contribution in [3.8, 4) is 28.7 Å². The monoisotopic (exact) mass is 2020 g/mol. The number of nitrogens with zero attached hydrogens (tertiary/aromatic N) is 6. The van der Waals surface area contributed by atoms with E-state index in [1.807, 2.05) is 58.8 Å². The number of hydrazone groups is 1. The summed E-state index contributed by atoms with van der Waals surface area (Å²) in [4.78, 5) is 101. The quantitative estimate of drug-likeness (QED) is 0.0319. The van der Waals surface area contributed by atoms with E-state index in [2.05, 4.69) is 15.3 Å². The maximum Gasteiger partial charge on any atom is 0.312 e. The molecule has 10 aliphatic rings. The number of aliphatic hydroxyl groups is 11. The molecular weight excluding hydrogens is 1860 g/mol. The van der Waals surface area contributed by atoms with Crippen molar-refractivity contribution in [1.29, 1.82) is 0 Å². The Balaban J connectivity index is 0.000000229. The number of hydrogen-bond acceptors (Lipinski definition) is 38. The summed E-state index contributed by atoms with van der Waals surface area (Å²) >= 11 is 0. The number of phenols is 4. The van der Waals surface area contributed by atoms with Crippen LogP contribution in [-0.2, 0) is 71.4 Å². The zero-order chi connectivity index (χ0) is 107. The molecule has 40 nitrogen and oxygen atoms in total. The molecule has 5 bridgehead atoms. The van der Waals surface area contributed by atoms with E-state index in [1.54, 1.807) is 105 Å². The zero-order valence-corrected chi connectivity index (χ0v) is 87.1. The minimum absolute atomic E-state index is 0.0245. The Morgan fingerprint density at radius 3 is 1.94 bits per heavy atom. The first kappa shape index (κ1) is 116. The van der Waals surface area contributed by atoms with Crippen LogP contribution in [0, 0.1) is 60.2 Å². The number of methoxy groups -OCH3 is 2. The van der Waals surface area contributed by atoms with E-state index in [-0.39, 0.29) is 93.1 Å². The van der Waals surface area contributed by atoms with Crippen LogP contribution in [0.1, 0.15) is 189 Å². The van der Waals surface area contributed by atoms with Crippen molar-refractivity contribution in [3.05, 3.63) is 99.1 Å². The predicted molar refractivity (Wildman–Crippen MR) is 525 cm³/mol. The van der Waals surface area contributed by atoms with Crippen LogP contribution in [0.25, 0.3) is 16.5 Å². The number of amides is 2. The molecule has 40 heteroatoms. The van der Waals surface area contributed by atoms with E-state index < -0.39 is 260 Å². The molecule has 798 valence electrons. The van der Waals surface area contributed by atoms with E-state index in [9.17, 15) is 110 Å². The lowest BCUT2D eigenvalue weighted by molar-refractivity contribution is -0.318. The summed E-state index contributed by atoms with van der Waals surface area (Å²) in [5.74, 6) is -19.8. The summed E-state index contributed by atoms with van der Waals surface area (Å²) in [6.07, 6.45) is -4.92. The molecule has 4 saturated heterocycles. The number of nitrogens with one attached hydrogen (secondary N) is 1. The van der Waals surface area contributed by atoms with Crippen molar-refractivity contribution in [1.82, 2.24) is 24.6 Å². The number of ketones is 3. The van der Waals surface area contributed by atoms with E-state index in [0.717, 1.165) is 13.1 Å². The normalized spacial score (nSPS) is 39.0. The number of hydrogen-bond donors (Lipinski definition) is 17. The van der Waals surface area contributed by atoms with Gasteiger partial charge in [0, 0.05) is 137 Å². The van der Waals surface area contributed by atoms with Crippen molar-refractivity contribution in [2.24, 2.45) is 64.1 Å². The number of nitrogens with two attached hydrogens (primary N) is 1. The van der Waals surface area contributed by atoms with E-state index in [0.29, 0.717) is 31.6 Å². The van der Waals surface area contributed by atoms with Crippen LogP contribution in [0.4, 0.5) is 5.69 Å². The average molecular weight is 2020 g/mol. The molecule has 0 spiro atoms. The minimum Gasteiger partial charge on any atom is -0.508 e. The first-order valence-corrected chi connectivity index (χ1v) is 48.9. The number of piperazine rings is 1. The van der Waals surface area contributed by atoms with Crippen LogP contribution in [0.2, 0.25) is 0 Å². The number of aromatic hydroxyl groups is 4. The number of anilines is 1. The molecule has 5 fully saturated rings. The Bertz CT molecular complexity index is 5340. The SMILES string of the molecule is CC[C@H]1OC(=O)[C@H](C)[C@@H](O[C@H]2C[C@@](C)(OC)[C@@H](O)[C@H](C)O2)[C@H](C)[C@@H](O[C@@H]2O[C@H](C)C[C@H](N(C)C)[C@H]2O)[C@](C)(O)C[C@@H](C)CN(C)[C@H](C)[C@@H](O)[C@]1(C)O.CO[C@H]1/C=C/O[C@@]2(C)Oc3c(C)c(O)c4c(O)c(c(/C=N\N5CCN(C)CC5)c(O)c4c3C2=O)NC(=O)/C(C)=C\C=C\[C@@H](C)[C@H](O)[C@@H](C)[C@H](O)[C@@H](C)[C@H](OC(C)=O)[C@@H]1C.C[C@H]1c2cccc(O)c2C(O)=C2C(=O)[C@]3(O)C(O)=C(C(N)=O)C(=O)[C@@H](N(C)C)[C@@H]3[C@@H](O)[C@@H]21. The Labute approximate surface area is 835 Å². The molecule has 33 atom stereocenters. The van der Waals surface area contributed by atoms with Crippen LogP contribution in [0.15, 0.2) is 76.3 Å². The Hall–Kier alpha value is -9.38. The van der Waals surface area contributed by atoms with Crippen molar-refractivity contribution >= 4 is 69.5 Å². The lowest BCUT2D eigenvalue weighted by atomic mass is 9.54. The highest BCUT2D eigenvalue weighted by Crippen LogP contribution is 2.59. The zero-order valence-electron chi connectivity index (χ0n) is 87.1. The Morgan fingerprint density at radius 1 is 0.713 bits per heavy atom. The molecule has 13 rings (SSSR count). The largest absolute Gasteiger partial charge is 0.508 e. The third-order valence-electron chi connectivity index (χ3n) is 31.1. The summed E-state index contributed by atoms with van der Waals surface area (Å²) in [5.41, 5.74) is -3.26. The van der Waals surface area contributed by atoms with Gasteiger partial charge in [-0.25, -0.2) is 0 Å². The number of cyclic esters (lactones) is 1. The van der Waals surface area contributed by atoms with Gasteiger partial charge in [0.15, 0.2) is 29.7 Å². The summed E-state index contributed by atoms with van der Waals surface area (Å²) in [5, 5.41) is 180. The van der Waals surface area contributed by atoms with Gasteiger partial charge < -0.3 is 150 Å². The van der Waals surface area contributed by atoms with Crippen LogP contribution < -0.4 is 15.8 Å². The summed E-state index contributed by atoms with van der Waals surface area (Å²) in [7, 11) is 13.5. The van der Waals surface area contributed by atoms with Gasteiger partial charge in [-0.15, -0.1) is 0 Å². The average Bonchev–Trinajstić information content (AvgIpc) is 1.26. The third-order valence-corrected chi connectivity index (χ3v) is 31.1. The van der Waals surface area contributed by atoms with Gasteiger partial charge in [-0.1, -0.05) is 85.8 Å². The van der Waals surface area contributed by atoms with E-state index in [4.69, 9.17) is 53.1 Å². The van der Waals surface area contributed by atoms with Gasteiger partial charge in [-0.3, -0.25) is 43.5 Å². The summed E-state index contributed by atoms with van der Waals surface area (Å²) < 4.78 is 61.1. The number of primary amides is 1. The lowest BCUT2D eigenvalue weighted by Crippen LogP contribution is -2.70. The molecule has 7 heterocycles. The molecule has 2 amide bonds. The molecule has 143 heavy (non-hydrogen) atoms. The Morgan fingerprint density at radius 2 is 1.35 bits per heavy atom. The highest BCUT2D eigenvalue weighted by Gasteiger charge is 2.69. The first-order chi connectivity index (χ1) is 66.5. The molecule has 3 aromatic rings. The predicted octanol–water partition coefficient (Wildman–Crippen LogP) is 5.73. The second kappa shape index (κ2) is 45.5. The van der Waals surface area contributed by atoms with Crippen LogP contribution in [0.5, 0.6) is 28.7 Å². The van der Waals surface area contributed by atoms with Gasteiger partial charge in [0.1, 0.15) is 76.2 Å². The van der Waals surface area contributed by atoms with Crippen LogP contribution in [-0.4, -0.2) is 376 Å². The number of rotatable bonds is 13. The fourth-order valence-electron chi connectivity index (χ4n) is 22.2. The van der Waals surface area contributed by atoms with E-state index in [1.165, 1.54) is 98.5 Å². The number of phenolic OH excluding ortho intramolecular Hbond substituents is 4. The maximum atomic E-state index is 14.4. The van der Waals surface area contributed by atoms with Gasteiger partial charge in [0.25, 0.3) is 17.6 Å². The third kappa shape index (κ3) is 22.9. The van der Waals surface area contributed by atoms with Gasteiger partial charge in [-0.2, -0.15) is 5.10 Å². The highest BCUT2D eigenvalue weighted by molar-refractivity contribution is 6.26. The van der Waals surface area contributed by atoms with Gasteiger partial charge in [0.2, 0.25) is 5.78 Å². The second-order valence-corrected chi connectivity index (χ2v) is 42.1. The van der Waals surface area contributed by atoms with Crippen molar-refractivity contribution < 1.29 is 158 Å². The number of carbonyl (C=O) groups excluding carboxylic acids is 7. The molecule has 0 unspecified atom stereocenters. The first-order valence-electron chi connectivity index (χ1n) is 48.9. The highest BCUT2D eigenvalue weighted by atomic mass is 16.7. The number of aliphatic hydroxyl groups excluding tert-OH is 8. The smallest absolute Gasteiger partial charge is 0.312 e. The van der Waals surface area contributed by atoms with Crippen LogP contribution in [0.3, 0.4) is 0 Å². The number of likely N-dealkylation sites (N-methyl/N-ethyl adjacent to an activating group) is 4. The summed E-state index contributed by atoms with van der Waals surface area (Å²) in [6.45, 7) is 34.8. The van der Waals surface area contributed by atoms with Crippen molar-refractivity contribution in [2.45, 2.75) is 301 Å². The molecule has 3 aliphatic carbocycles. The van der Waals surface area contributed by atoms with Crippen LogP contribution >= 0.6 is 0 Å². The van der Waals surface area contributed by atoms with Crippen molar-refractivity contribution in [3.63, 3.8) is 0 Å². The molecular formula is C103H154N8O32. The number of fused-ring (bicyclic) bond motifs is 17. The van der Waals surface area contributed by atoms with Gasteiger partial charge in [0.05, 0.1) is 118 Å². The lowest BCUT2D eigenvalue weighted by Gasteiger charge is -2.53. The molecule has 0 aromatic heterocycles. The molecule has 3 aromatic carbocycles. The fraction of sp³-hybridized carbons (Fsp3) is 0.670. The fourth-order valence-corrected chi connectivity index (χ4v) is 22.2. The molecule has 0 radical (unpaired) electrons. The number of carbonyl (C=O) groups is 7. The number of allylic oxidation sites excluding steroid dienone is 2.